The molecular weight excluding hydrogens is 410 g/mol. The van der Waals surface area contributed by atoms with Crippen LogP contribution in [-0.4, -0.2) is 16.1 Å². The van der Waals surface area contributed by atoms with Crippen LogP contribution in [0.2, 0.25) is 0 Å². The van der Waals surface area contributed by atoms with Crippen LogP contribution in [0.25, 0.3) is 0 Å². The maximum Gasteiger partial charge on any atom is 0.262 e. The lowest BCUT2D eigenvalue weighted by atomic mass is 10.2. The Bertz CT molecular complexity index is 862. The first-order valence-corrected chi connectivity index (χ1v) is 9.71. The number of aryl methyl sites for hydroxylation is 2. The average molecular weight is 424 g/mol. The molecule has 0 unspecified atom stereocenters. The van der Waals surface area contributed by atoms with E-state index >= 15 is 0 Å². The minimum atomic E-state index is -0.257. The van der Waals surface area contributed by atoms with E-state index in [1.54, 1.807) is 25.6 Å². The molecule has 0 spiro atoms. The van der Waals surface area contributed by atoms with Gasteiger partial charge in [0.15, 0.2) is 4.34 Å². The number of hydrogen-bond donors (Lipinski definition) is 1. The van der Waals surface area contributed by atoms with E-state index in [0.717, 1.165) is 10.1 Å². The SMILES string of the molecule is Cc1oc(C)c(C(=O)Nc2nnc(SCc3ccccc3)s2)c1Br. The number of halogens is 1. The first kappa shape index (κ1) is 17.2. The van der Waals surface area contributed by atoms with Crippen LogP contribution in [0, 0.1) is 13.8 Å². The molecule has 0 radical (unpaired) electrons. The highest BCUT2D eigenvalue weighted by molar-refractivity contribution is 9.10. The third-order valence-electron chi connectivity index (χ3n) is 3.25. The minimum Gasteiger partial charge on any atom is -0.465 e. The predicted octanol–water partition coefficient (Wildman–Crippen LogP) is 5.06. The maximum atomic E-state index is 12.4. The minimum absolute atomic E-state index is 0.257. The number of hydrogen-bond acceptors (Lipinski definition) is 6. The molecule has 0 aliphatic carbocycles. The molecular formula is C16H14BrN3O2S2. The molecule has 0 bridgehead atoms. The number of thioether (sulfide) groups is 1. The molecule has 0 aliphatic heterocycles. The van der Waals surface area contributed by atoms with Crippen LogP contribution in [0.3, 0.4) is 0 Å². The van der Waals surface area contributed by atoms with E-state index in [-0.39, 0.29) is 5.91 Å². The topological polar surface area (TPSA) is 68.0 Å². The van der Waals surface area contributed by atoms with E-state index in [2.05, 4.69) is 43.6 Å². The first-order valence-electron chi connectivity index (χ1n) is 7.11. The van der Waals surface area contributed by atoms with Crippen molar-refractivity contribution in [1.29, 1.82) is 0 Å². The number of anilines is 1. The van der Waals surface area contributed by atoms with Gasteiger partial charge in [0.1, 0.15) is 11.5 Å². The van der Waals surface area contributed by atoms with Gasteiger partial charge in [0, 0.05) is 5.75 Å². The second kappa shape index (κ2) is 7.50. The summed E-state index contributed by atoms with van der Waals surface area (Å²) in [5.74, 6) is 1.80. The Morgan fingerprint density at radius 3 is 2.67 bits per heavy atom. The summed E-state index contributed by atoms with van der Waals surface area (Å²) in [7, 11) is 0. The van der Waals surface area contributed by atoms with Gasteiger partial charge in [0.05, 0.1) is 10.0 Å². The zero-order valence-corrected chi connectivity index (χ0v) is 16.2. The van der Waals surface area contributed by atoms with Crippen LogP contribution in [0.1, 0.15) is 27.4 Å². The Hall–Kier alpha value is -1.64. The monoisotopic (exact) mass is 423 g/mol. The molecule has 124 valence electrons. The van der Waals surface area contributed by atoms with Crippen LogP contribution in [0.5, 0.6) is 0 Å². The number of nitrogens with one attached hydrogen (secondary N) is 1. The number of benzene rings is 1. The van der Waals surface area contributed by atoms with Crippen LogP contribution < -0.4 is 5.32 Å². The van der Waals surface area contributed by atoms with Crippen LogP contribution in [0.4, 0.5) is 5.13 Å². The summed E-state index contributed by atoms with van der Waals surface area (Å²) in [5.41, 5.74) is 1.71. The molecule has 3 aromatic rings. The van der Waals surface area contributed by atoms with Gasteiger partial charge in [0.25, 0.3) is 5.91 Å². The zero-order chi connectivity index (χ0) is 17.1. The fourth-order valence-corrected chi connectivity index (χ4v) is 4.36. The van der Waals surface area contributed by atoms with E-state index in [1.807, 2.05) is 18.2 Å². The van der Waals surface area contributed by atoms with Gasteiger partial charge < -0.3 is 4.42 Å². The summed E-state index contributed by atoms with van der Waals surface area (Å²) in [6, 6.07) is 10.1. The van der Waals surface area contributed by atoms with Gasteiger partial charge in [-0.1, -0.05) is 53.4 Å². The van der Waals surface area contributed by atoms with Gasteiger partial charge >= 0.3 is 0 Å². The molecule has 1 N–H and O–H groups in total. The van der Waals surface area contributed by atoms with E-state index in [9.17, 15) is 4.79 Å². The fraction of sp³-hybridized carbons (Fsp3) is 0.188. The van der Waals surface area contributed by atoms with Crippen molar-refractivity contribution in [3.63, 3.8) is 0 Å². The lowest BCUT2D eigenvalue weighted by molar-refractivity contribution is 0.102. The van der Waals surface area contributed by atoms with Gasteiger partial charge in [-0.15, -0.1) is 10.2 Å². The van der Waals surface area contributed by atoms with E-state index < -0.39 is 0 Å². The molecule has 2 heterocycles. The molecule has 0 atom stereocenters. The number of carbonyl (C=O) groups is 1. The number of rotatable bonds is 5. The summed E-state index contributed by atoms with van der Waals surface area (Å²) < 4.78 is 6.93. The van der Waals surface area contributed by atoms with Crippen molar-refractivity contribution >= 4 is 50.1 Å². The van der Waals surface area contributed by atoms with Gasteiger partial charge in [-0.3, -0.25) is 10.1 Å². The molecule has 1 aromatic carbocycles. The van der Waals surface area contributed by atoms with E-state index in [1.165, 1.54) is 16.9 Å². The highest BCUT2D eigenvalue weighted by Crippen LogP contribution is 2.31. The number of aromatic nitrogens is 2. The van der Waals surface area contributed by atoms with Crippen LogP contribution in [-0.2, 0) is 5.75 Å². The van der Waals surface area contributed by atoms with Crippen molar-refractivity contribution in [1.82, 2.24) is 10.2 Å². The summed E-state index contributed by atoms with van der Waals surface area (Å²) in [4.78, 5) is 12.4. The first-order chi connectivity index (χ1) is 11.5. The number of amides is 1. The number of furan rings is 1. The van der Waals surface area contributed by atoms with Gasteiger partial charge in [-0.05, 0) is 35.3 Å². The molecule has 3 rings (SSSR count). The van der Waals surface area contributed by atoms with Crippen molar-refractivity contribution in [3.05, 3.63) is 57.5 Å². The van der Waals surface area contributed by atoms with E-state index in [0.29, 0.717) is 26.7 Å². The molecule has 0 saturated heterocycles. The van der Waals surface area contributed by atoms with Gasteiger partial charge in [0.2, 0.25) is 5.13 Å². The Kier molecular flexibility index (Phi) is 5.37. The van der Waals surface area contributed by atoms with Crippen molar-refractivity contribution in [2.45, 2.75) is 23.9 Å². The predicted molar refractivity (Wildman–Crippen MR) is 99.7 cm³/mol. The molecule has 0 fully saturated rings. The fourth-order valence-electron chi connectivity index (χ4n) is 2.11. The largest absolute Gasteiger partial charge is 0.465 e. The standard InChI is InChI=1S/C16H14BrN3O2S2/c1-9-12(13(17)10(2)22-9)14(21)18-15-19-20-16(24-15)23-8-11-6-4-3-5-7-11/h3-7H,8H2,1-2H3,(H,18,19,21). The quantitative estimate of drug-likeness (QED) is 0.458. The zero-order valence-electron chi connectivity index (χ0n) is 13.0. The average Bonchev–Trinajstić information content (AvgIpc) is 3.11. The number of nitrogens with zero attached hydrogens (tertiary/aromatic N) is 2. The summed E-state index contributed by atoms with van der Waals surface area (Å²) in [6.45, 7) is 3.56. The van der Waals surface area contributed by atoms with Crippen molar-refractivity contribution < 1.29 is 9.21 Å². The third kappa shape index (κ3) is 3.88. The van der Waals surface area contributed by atoms with Crippen molar-refractivity contribution in [2.75, 3.05) is 5.32 Å². The molecule has 1 amide bonds. The molecule has 2 aromatic heterocycles. The highest BCUT2D eigenvalue weighted by atomic mass is 79.9. The van der Waals surface area contributed by atoms with Crippen molar-refractivity contribution in [3.8, 4) is 0 Å². The summed E-state index contributed by atoms with van der Waals surface area (Å²) in [6.07, 6.45) is 0. The Balaban J connectivity index is 1.64. The molecule has 0 saturated carbocycles. The highest BCUT2D eigenvalue weighted by Gasteiger charge is 2.21. The van der Waals surface area contributed by atoms with Crippen molar-refractivity contribution in [2.24, 2.45) is 0 Å². The molecule has 8 heteroatoms. The second-order valence-corrected chi connectivity index (χ2v) is 8.00. The second-order valence-electron chi connectivity index (χ2n) is 5.00. The van der Waals surface area contributed by atoms with E-state index in [4.69, 9.17) is 4.42 Å². The summed E-state index contributed by atoms with van der Waals surface area (Å²) in [5, 5.41) is 11.4. The van der Waals surface area contributed by atoms with Gasteiger partial charge in [-0.2, -0.15) is 0 Å². The Labute approximate surface area is 156 Å². The molecule has 5 nitrogen and oxygen atoms in total. The summed E-state index contributed by atoms with van der Waals surface area (Å²) >= 11 is 6.33. The van der Waals surface area contributed by atoms with Crippen LogP contribution in [0.15, 0.2) is 43.6 Å². The molecule has 24 heavy (non-hydrogen) atoms. The lowest BCUT2D eigenvalue weighted by Crippen LogP contribution is -2.12. The third-order valence-corrected chi connectivity index (χ3v) is 6.24. The molecule has 0 aliphatic rings. The normalized spacial score (nSPS) is 10.8. The van der Waals surface area contributed by atoms with Crippen LogP contribution >= 0.6 is 39.0 Å². The lowest BCUT2D eigenvalue weighted by Gasteiger charge is -2.00. The van der Waals surface area contributed by atoms with Gasteiger partial charge in [-0.25, -0.2) is 0 Å². The number of carbonyl (C=O) groups excluding carboxylic acids is 1. The smallest absolute Gasteiger partial charge is 0.262 e. The Morgan fingerprint density at radius 2 is 2.00 bits per heavy atom. The Morgan fingerprint density at radius 1 is 1.25 bits per heavy atom. The maximum absolute atomic E-state index is 12.4.